The van der Waals surface area contributed by atoms with Crippen molar-refractivity contribution in [1.82, 2.24) is 5.32 Å². The first-order chi connectivity index (χ1) is 9.10. The Hall–Kier alpha value is -1.13. The molecule has 3 rings (SSSR count). The summed E-state index contributed by atoms with van der Waals surface area (Å²) >= 11 is 0. The Morgan fingerprint density at radius 3 is 2.63 bits per heavy atom. The number of fused-ring (bicyclic) bond motifs is 2. The van der Waals surface area contributed by atoms with E-state index in [9.17, 15) is 9.50 Å². The van der Waals surface area contributed by atoms with Gasteiger partial charge < -0.3 is 15.2 Å². The number of nitrogens with one attached hydrogen (secondary N) is 1. The van der Waals surface area contributed by atoms with Gasteiger partial charge in [0.1, 0.15) is 0 Å². The second-order valence-corrected chi connectivity index (χ2v) is 5.78. The third kappa shape index (κ3) is 2.35. The van der Waals surface area contributed by atoms with Gasteiger partial charge in [0.15, 0.2) is 11.6 Å². The monoisotopic (exact) mass is 265 g/mol. The Morgan fingerprint density at radius 1 is 1.32 bits per heavy atom. The van der Waals surface area contributed by atoms with Gasteiger partial charge in [0.2, 0.25) is 0 Å². The number of halogens is 1. The first-order valence-corrected chi connectivity index (χ1v) is 6.93. The van der Waals surface area contributed by atoms with Gasteiger partial charge in [-0.15, -0.1) is 0 Å². The Morgan fingerprint density at radius 2 is 2.00 bits per heavy atom. The van der Waals surface area contributed by atoms with Crippen LogP contribution in [0.25, 0.3) is 0 Å². The average molecular weight is 265 g/mol. The molecule has 0 radical (unpaired) electrons. The van der Waals surface area contributed by atoms with E-state index in [0.29, 0.717) is 24.9 Å². The third-order valence-corrected chi connectivity index (χ3v) is 4.43. The molecule has 2 saturated heterocycles. The summed E-state index contributed by atoms with van der Waals surface area (Å²) in [6, 6.07) is 5.43. The van der Waals surface area contributed by atoms with Gasteiger partial charge in [0.05, 0.1) is 12.7 Å². The van der Waals surface area contributed by atoms with E-state index in [-0.39, 0.29) is 11.6 Å². The lowest BCUT2D eigenvalue weighted by molar-refractivity contribution is -0.0360. The summed E-state index contributed by atoms with van der Waals surface area (Å²) in [6.07, 6.45) is 4.83. The zero-order chi connectivity index (χ0) is 13.5. The van der Waals surface area contributed by atoms with E-state index < -0.39 is 5.60 Å². The van der Waals surface area contributed by atoms with Gasteiger partial charge in [0, 0.05) is 12.1 Å². The first kappa shape index (κ1) is 12.9. The lowest BCUT2D eigenvalue weighted by atomic mass is 9.74. The summed E-state index contributed by atoms with van der Waals surface area (Å²) in [5, 5.41) is 14.5. The van der Waals surface area contributed by atoms with Crippen molar-refractivity contribution in [3.8, 4) is 5.75 Å². The minimum atomic E-state index is -0.859. The highest BCUT2D eigenvalue weighted by atomic mass is 19.1. The fourth-order valence-electron chi connectivity index (χ4n) is 3.52. The van der Waals surface area contributed by atoms with Crippen LogP contribution >= 0.6 is 0 Å². The lowest BCUT2D eigenvalue weighted by Crippen LogP contribution is -2.54. The maximum atomic E-state index is 13.5. The predicted octanol–water partition coefficient (Wildman–Crippen LogP) is 2.33. The van der Waals surface area contributed by atoms with Gasteiger partial charge in [-0.05, 0) is 43.4 Å². The molecule has 2 N–H and O–H groups in total. The van der Waals surface area contributed by atoms with Crippen molar-refractivity contribution in [2.45, 2.75) is 49.8 Å². The number of hydrogen-bond acceptors (Lipinski definition) is 3. The fraction of sp³-hybridized carbons (Fsp3) is 0.600. The van der Waals surface area contributed by atoms with E-state index in [2.05, 4.69) is 5.32 Å². The highest BCUT2D eigenvalue weighted by molar-refractivity contribution is 5.34. The summed E-state index contributed by atoms with van der Waals surface area (Å²) in [7, 11) is 1.45. The Labute approximate surface area is 112 Å². The van der Waals surface area contributed by atoms with Gasteiger partial charge in [-0.1, -0.05) is 12.5 Å². The molecule has 0 aromatic heterocycles. The topological polar surface area (TPSA) is 41.5 Å². The number of ether oxygens (including phenoxy) is 1. The average Bonchev–Trinajstić information content (AvgIpc) is 2.38. The molecule has 2 unspecified atom stereocenters. The van der Waals surface area contributed by atoms with Crippen LogP contribution in [0.15, 0.2) is 18.2 Å². The second kappa shape index (κ2) is 4.76. The van der Waals surface area contributed by atoms with Crippen LogP contribution in [-0.4, -0.2) is 24.3 Å². The maximum Gasteiger partial charge on any atom is 0.165 e. The lowest BCUT2D eigenvalue weighted by Gasteiger charge is -2.45. The van der Waals surface area contributed by atoms with E-state index in [1.807, 2.05) is 0 Å². The molecule has 19 heavy (non-hydrogen) atoms. The fourth-order valence-corrected chi connectivity index (χ4v) is 3.52. The van der Waals surface area contributed by atoms with E-state index in [0.717, 1.165) is 18.4 Å². The molecule has 1 aromatic carbocycles. The normalized spacial score (nSPS) is 34.1. The van der Waals surface area contributed by atoms with Crippen LogP contribution in [0.3, 0.4) is 0 Å². The molecule has 2 aliphatic rings. The SMILES string of the molecule is COc1cc(C2(O)CC3CCCC(C2)N3)ccc1F. The van der Waals surface area contributed by atoms with Crippen LogP contribution in [0.4, 0.5) is 4.39 Å². The number of hydrogen-bond donors (Lipinski definition) is 2. The molecule has 2 aliphatic heterocycles. The van der Waals surface area contributed by atoms with Crippen molar-refractivity contribution in [2.75, 3.05) is 7.11 Å². The molecular formula is C15H20FNO2. The van der Waals surface area contributed by atoms with E-state index in [1.54, 1.807) is 12.1 Å². The molecule has 0 amide bonds. The number of piperidine rings is 2. The van der Waals surface area contributed by atoms with Gasteiger partial charge >= 0.3 is 0 Å². The summed E-state index contributed by atoms with van der Waals surface area (Å²) in [4.78, 5) is 0. The largest absolute Gasteiger partial charge is 0.494 e. The standard InChI is InChI=1S/C15H20FNO2/c1-19-14-7-10(5-6-13(14)16)15(18)8-11-3-2-4-12(9-15)17-11/h5-7,11-12,17-18H,2-4,8-9H2,1H3. The van der Waals surface area contributed by atoms with E-state index in [1.165, 1.54) is 19.6 Å². The van der Waals surface area contributed by atoms with Crippen molar-refractivity contribution in [1.29, 1.82) is 0 Å². The third-order valence-electron chi connectivity index (χ3n) is 4.43. The molecular weight excluding hydrogens is 245 g/mol. The van der Waals surface area contributed by atoms with Crippen LogP contribution < -0.4 is 10.1 Å². The summed E-state index contributed by atoms with van der Waals surface area (Å²) in [5.74, 6) is -0.182. The molecule has 2 fully saturated rings. The number of rotatable bonds is 2. The van der Waals surface area contributed by atoms with Crippen LogP contribution in [0, 0.1) is 5.82 Å². The molecule has 3 nitrogen and oxygen atoms in total. The molecule has 0 saturated carbocycles. The highest BCUT2D eigenvalue weighted by Gasteiger charge is 2.41. The van der Waals surface area contributed by atoms with Gasteiger partial charge in [0.25, 0.3) is 0 Å². The number of methoxy groups -OCH3 is 1. The van der Waals surface area contributed by atoms with Crippen molar-refractivity contribution in [2.24, 2.45) is 0 Å². The van der Waals surface area contributed by atoms with Crippen LogP contribution in [0.5, 0.6) is 5.75 Å². The Kier molecular flexibility index (Phi) is 3.23. The molecule has 4 heteroatoms. The minimum Gasteiger partial charge on any atom is -0.494 e. The first-order valence-electron chi connectivity index (χ1n) is 6.93. The maximum absolute atomic E-state index is 13.5. The van der Waals surface area contributed by atoms with Crippen LogP contribution in [0.1, 0.15) is 37.7 Å². The summed E-state index contributed by atoms with van der Waals surface area (Å²) in [5.41, 5.74) is -0.0914. The minimum absolute atomic E-state index is 0.203. The van der Waals surface area contributed by atoms with Crippen LogP contribution in [0.2, 0.25) is 0 Å². The van der Waals surface area contributed by atoms with Gasteiger partial charge in [-0.25, -0.2) is 4.39 Å². The van der Waals surface area contributed by atoms with Crippen LogP contribution in [-0.2, 0) is 5.60 Å². The molecule has 2 bridgehead atoms. The molecule has 0 spiro atoms. The molecule has 0 aliphatic carbocycles. The van der Waals surface area contributed by atoms with Crippen molar-refractivity contribution in [3.05, 3.63) is 29.6 Å². The predicted molar refractivity (Wildman–Crippen MR) is 70.6 cm³/mol. The van der Waals surface area contributed by atoms with Crippen molar-refractivity contribution >= 4 is 0 Å². The Balaban J connectivity index is 1.91. The Bertz CT molecular complexity index is 465. The number of aliphatic hydroxyl groups is 1. The highest BCUT2D eigenvalue weighted by Crippen LogP contribution is 2.40. The van der Waals surface area contributed by atoms with Crippen molar-refractivity contribution in [3.63, 3.8) is 0 Å². The van der Waals surface area contributed by atoms with E-state index in [4.69, 9.17) is 4.74 Å². The molecule has 104 valence electrons. The van der Waals surface area contributed by atoms with Gasteiger partial charge in [-0.3, -0.25) is 0 Å². The molecule has 2 heterocycles. The zero-order valence-corrected chi connectivity index (χ0v) is 11.2. The second-order valence-electron chi connectivity index (χ2n) is 5.78. The smallest absolute Gasteiger partial charge is 0.165 e. The van der Waals surface area contributed by atoms with Gasteiger partial charge in [-0.2, -0.15) is 0 Å². The quantitative estimate of drug-likeness (QED) is 0.862. The summed E-state index contributed by atoms with van der Waals surface area (Å²) in [6.45, 7) is 0. The van der Waals surface area contributed by atoms with E-state index >= 15 is 0 Å². The molecule has 1 aromatic rings. The summed E-state index contributed by atoms with van der Waals surface area (Å²) < 4.78 is 18.5. The number of benzene rings is 1. The van der Waals surface area contributed by atoms with Crippen molar-refractivity contribution < 1.29 is 14.2 Å². The molecule has 2 atom stereocenters. The zero-order valence-electron chi connectivity index (χ0n) is 11.2.